The molecule has 0 bridgehead atoms. The minimum atomic E-state index is -0.309. The van der Waals surface area contributed by atoms with Crippen LogP contribution in [0.5, 0.6) is 0 Å². The van der Waals surface area contributed by atoms with Gasteiger partial charge in [-0.05, 0) is 12.8 Å². The molecule has 0 saturated heterocycles. The molecule has 86 valence electrons. The van der Waals surface area contributed by atoms with Crippen LogP contribution in [0.1, 0.15) is 46.0 Å². The van der Waals surface area contributed by atoms with Gasteiger partial charge in [0.05, 0.1) is 6.04 Å². The van der Waals surface area contributed by atoms with E-state index in [4.69, 9.17) is 5.73 Å². The molecule has 0 unspecified atom stereocenters. The van der Waals surface area contributed by atoms with Gasteiger partial charge in [0.15, 0.2) is 0 Å². The predicted molar refractivity (Wildman–Crippen MR) is 62.7 cm³/mol. The third kappa shape index (κ3) is 8.32. The van der Waals surface area contributed by atoms with Crippen molar-refractivity contribution in [3.05, 3.63) is 0 Å². The van der Waals surface area contributed by atoms with Crippen molar-refractivity contribution in [3.63, 3.8) is 0 Å². The Kier molecular flexibility index (Phi) is 12.5. The molecule has 3 nitrogen and oxygen atoms in total. The quantitative estimate of drug-likeness (QED) is 0.646. The molecule has 0 fully saturated rings. The second kappa shape index (κ2) is 10.8. The summed E-state index contributed by atoms with van der Waals surface area (Å²) in [4.78, 5) is 11.3. The number of rotatable bonds is 7. The number of hydrogen-bond donors (Lipinski definition) is 2. The number of halogens is 1. The zero-order valence-corrected chi connectivity index (χ0v) is 10.0. The molecule has 0 aromatic carbocycles. The van der Waals surface area contributed by atoms with Crippen molar-refractivity contribution >= 4 is 18.3 Å². The van der Waals surface area contributed by atoms with Crippen LogP contribution in [0.3, 0.4) is 0 Å². The van der Waals surface area contributed by atoms with E-state index in [0.29, 0.717) is 0 Å². The van der Waals surface area contributed by atoms with Crippen LogP contribution >= 0.6 is 12.4 Å². The van der Waals surface area contributed by atoms with E-state index >= 15 is 0 Å². The molecule has 4 heteroatoms. The Labute approximate surface area is 93.2 Å². The molecule has 0 aromatic heterocycles. The molecule has 0 aromatic rings. The molecule has 0 saturated carbocycles. The predicted octanol–water partition coefficient (Wildman–Crippen LogP) is 1.84. The van der Waals surface area contributed by atoms with Gasteiger partial charge in [-0.3, -0.25) is 4.79 Å². The van der Waals surface area contributed by atoms with Gasteiger partial charge in [-0.15, -0.1) is 12.4 Å². The van der Waals surface area contributed by atoms with Crippen molar-refractivity contribution in [2.45, 2.75) is 52.0 Å². The average molecular weight is 223 g/mol. The molecule has 1 amide bonds. The Morgan fingerprint density at radius 1 is 1.29 bits per heavy atom. The van der Waals surface area contributed by atoms with Gasteiger partial charge >= 0.3 is 0 Å². The molecule has 14 heavy (non-hydrogen) atoms. The third-order valence-electron chi connectivity index (χ3n) is 2.04. The zero-order chi connectivity index (χ0) is 10.1. The van der Waals surface area contributed by atoms with E-state index in [0.717, 1.165) is 38.6 Å². The van der Waals surface area contributed by atoms with Crippen molar-refractivity contribution in [1.29, 1.82) is 0 Å². The summed E-state index contributed by atoms with van der Waals surface area (Å²) in [6, 6.07) is -0.309. The Morgan fingerprint density at radius 3 is 2.36 bits per heavy atom. The van der Waals surface area contributed by atoms with Crippen molar-refractivity contribution in [2.24, 2.45) is 5.73 Å². The summed E-state index contributed by atoms with van der Waals surface area (Å²) in [5, 5.41) is 2.83. The Hall–Kier alpha value is -0.280. The van der Waals surface area contributed by atoms with Crippen molar-refractivity contribution in [2.75, 3.05) is 6.54 Å². The molecule has 0 aliphatic carbocycles. The lowest BCUT2D eigenvalue weighted by Crippen LogP contribution is -2.40. The molecule has 1 atom stereocenters. The van der Waals surface area contributed by atoms with E-state index in [9.17, 15) is 4.79 Å². The third-order valence-corrected chi connectivity index (χ3v) is 2.04. The number of unbranched alkanes of at least 4 members (excludes halogenated alkanes) is 2. The number of nitrogens with two attached hydrogens (primary N) is 1. The van der Waals surface area contributed by atoms with Crippen LogP contribution in [0.25, 0.3) is 0 Å². The van der Waals surface area contributed by atoms with Crippen LogP contribution in [0.15, 0.2) is 0 Å². The van der Waals surface area contributed by atoms with Gasteiger partial charge in [-0.25, -0.2) is 0 Å². The Bertz CT molecular complexity index is 142. The molecular formula is C10H23ClN2O. The average Bonchev–Trinajstić information content (AvgIpc) is 2.14. The van der Waals surface area contributed by atoms with Crippen molar-refractivity contribution in [3.8, 4) is 0 Å². The van der Waals surface area contributed by atoms with E-state index in [1.807, 2.05) is 0 Å². The number of carbonyl (C=O) groups is 1. The molecule has 3 N–H and O–H groups in total. The molecule has 0 spiro atoms. The van der Waals surface area contributed by atoms with Crippen LogP contribution in [-0.2, 0) is 4.79 Å². The van der Waals surface area contributed by atoms with E-state index in [1.165, 1.54) is 0 Å². The first-order valence-corrected chi connectivity index (χ1v) is 5.25. The number of nitrogens with one attached hydrogen (secondary N) is 1. The van der Waals surface area contributed by atoms with Gasteiger partial charge in [0.1, 0.15) is 0 Å². The summed E-state index contributed by atoms with van der Waals surface area (Å²) in [6.45, 7) is 4.96. The topological polar surface area (TPSA) is 55.1 Å². The van der Waals surface area contributed by atoms with Gasteiger partial charge in [-0.1, -0.05) is 33.1 Å². The van der Waals surface area contributed by atoms with Gasteiger partial charge in [0.25, 0.3) is 0 Å². The molecule has 0 radical (unpaired) electrons. The maximum absolute atomic E-state index is 11.3. The standard InChI is InChI=1S/C10H22N2O.ClH/c1-3-5-7-9(11)10(13)12-8-6-4-2;/h9H,3-8,11H2,1-2H3,(H,12,13);1H/t9-;/m0./s1. The largest absolute Gasteiger partial charge is 0.355 e. The summed E-state index contributed by atoms with van der Waals surface area (Å²) in [6.07, 6.45) is 5.06. The Morgan fingerprint density at radius 2 is 1.86 bits per heavy atom. The van der Waals surface area contributed by atoms with E-state index in [2.05, 4.69) is 19.2 Å². The summed E-state index contributed by atoms with van der Waals surface area (Å²) >= 11 is 0. The zero-order valence-electron chi connectivity index (χ0n) is 9.21. The number of hydrogen-bond acceptors (Lipinski definition) is 2. The molecule has 0 rings (SSSR count). The first-order chi connectivity index (χ1) is 6.22. The highest BCUT2D eigenvalue weighted by Crippen LogP contribution is 1.97. The smallest absolute Gasteiger partial charge is 0.236 e. The summed E-state index contributed by atoms with van der Waals surface area (Å²) in [5.74, 6) is 0.00176. The second-order valence-electron chi connectivity index (χ2n) is 3.39. The van der Waals surface area contributed by atoms with Crippen LogP contribution < -0.4 is 11.1 Å². The minimum Gasteiger partial charge on any atom is -0.355 e. The van der Waals surface area contributed by atoms with Gasteiger partial charge in [0.2, 0.25) is 5.91 Å². The van der Waals surface area contributed by atoms with Crippen LogP contribution in [0.4, 0.5) is 0 Å². The van der Waals surface area contributed by atoms with Gasteiger partial charge < -0.3 is 11.1 Å². The fourth-order valence-electron chi connectivity index (χ4n) is 1.07. The highest BCUT2D eigenvalue weighted by Gasteiger charge is 2.10. The fraction of sp³-hybridized carbons (Fsp3) is 0.900. The maximum atomic E-state index is 11.3. The fourth-order valence-corrected chi connectivity index (χ4v) is 1.07. The SMILES string of the molecule is CCCCNC(=O)[C@@H](N)CCCC.Cl. The summed E-state index contributed by atoms with van der Waals surface area (Å²) in [7, 11) is 0. The normalized spacial score (nSPS) is 11.6. The monoisotopic (exact) mass is 222 g/mol. The van der Waals surface area contributed by atoms with E-state index < -0.39 is 0 Å². The van der Waals surface area contributed by atoms with Gasteiger partial charge in [0, 0.05) is 6.54 Å². The first-order valence-electron chi connectivity index (χ1n) is 5.25. The van der Waals surface area contributed by atoms with Gasteiger partial charge in [-0.2, -0.15) is 0 Å². The lowest BCUT2D eigenvalue weighted by Gasteiger charge is -2.10. The number of carbonyl (C=O) groups excluding carboxylic acids is 1. The first kappa shape index (κ1) is 16.2. The van der Waals surface area contributed by atoms with Crippen LogP contribution in [0.2, 0.25) is 0 Å². The van der Waals surface area contributed by atoms with E-state index in [1.54, 1.807) is 0 Å². The van der Waals surface area contributed by atoms with Crippen LogP contribution in [0, 0.1) is 0 Å². The lowest BCUT2D eigenvalue weighted by molar-refractivity contribution is -0.122. The summed E-state index contributed by atoms with van der Waals surface area (Å²) in [5.41, 5.74) is 5.67. The van der Waals surface area contributed by atoms with Crippen LogP contribution in [-0.4, -0.2) is 18.5 Å². The highest BCUT2D eigenvalue weighted by molar-refractivity contribution is 5.85. The molecule has 0 heterocycles. The minimum absolute atomic E-state index is 0. The highest BCUT2D eigenvalue weighted by atomic mass is 35.5. The summed E-state index contributed by atoms with van der Waals surface area (Å²) < 4.78 is 0. The second-order valence-corrected chi connectivity index (χ2v) is 3.39. The Balaban J connectivity index is 0. The lowest BCUT2D eigenvalue weighted by atomic mass is 10.1. The molecular weight excluding hydrogens is 200 g/mol. The number of amides is 1. The molecule has 0 aliphatic heterocycles. The van der Waals surface area contributed by atoms with E-state index in [-0.39, 0.29) is 24.4 Å². The maximum Gasteiger partial charge on any atom is 0.236 e. The molecule has 0 aliphatic rings. The van der Waals surface area contributed by atoms with Crippen molar-refractivity contribution < 1.29 is 4.79 Å². The van der Waals surface area contributed by atoms with Crippen molar-refractivity contribution in [1.82, 2.24) is 5.32 Å².